The second kappa shape index (κ2) is 10.5. The van der Waals surface area contributed by atoms with Crippen molar-refractivity contribution in [1.82, 2.24) is 0 Å². The Balaban J connectivity index is 1.67. The predicted molar refractivity (Wildman–Crippen MR) is 136 cm³/mol. The van der Waals surface area contributed by atoms with Gasteiger partial charge in [-0.15, -0.1) is 0 Å². The van der Waals surface area contributed by atoms with Crippen molar-refractivity contribution >= 4 is 29.2 Å². The van der Waals surface area contributed by atoms with Crippen LogP contribution in [0.3, 0.4) is 0 Å². The zero-order valence-electron chi connectivity index (χ0n) is 20.4. The summed E-state index contributed by atoms with van der Waals surface area (Å²) in [5.41, 5.74) is 2.84. The van der Waals surface area contributed by atoms with Crippen molar-refractivity contribution in [2.75, 3.05) is 23.5 Å². The highest BCUT2D eigenvalue weighted by atomic mass is 16.5. The molecule has 186 valence electrons. The second-order valence-electron chi connectivity index (χ2n) is 8.63. The van der Waals surface area contributed by atoms with Crippen LogP contribution < -0.4 is 19.3 Å². The van der Waals surface area contributed by atoms with Crippen LogP contribution in [0.1, 0.15) is 42.2 Å². The molecule has 0 aliphatic carbocycles. The quantitative estimate of drug-likeness (QED) is 0.518. The van der Waals surface area contributed by atoms with Gasteiger partial charge in [-0.2, -0.15) is 0 Å². The normalized spacial score (nSPS) is 16.6. The monoisotopic (exact) mass is 488 g/mol. The van der Waals surface area contributed by atoms with Crippen molar-refractivity contribution < 1.29 is 29.0 Å². The Hall–Kier alpha value is -4.33. The van der Waals surface area contributed by atoms with E-state index in [0.29, 0.717) is 29.2 Å². The standard InChI is InChI=1S/C28H28N2O6/c1-18-16-26(30(19(2)31)21-10-14-23(15-11-21)36-17-27(32)33)24-6-4-5-7-25(24)29(18)28(34)20-8-12-22(35-3)13-9-20/h4-15,18,26H,16-17H2,1-3H3,(H,32,33). The number of benzene rings is 3. The Labute approximate surface area is 209 Å². The third-order valence-corrected chi connectivity index (χ3v) is 6.24. The van der Waals surface area contributed by atoms with Gasteiger partial charge < -0.3 is 24.4 Å². The number of fused-ring (bicyclic) bond motifs is 1. The molecule has 1 aliphatic rings. The molecule has 2 unspecified atom stereocenters. The number of carboxylic acids is 1. The lowest BCUT2D eigenvalue weighted by molar-refractivity contribution is -0.139. The maximum Gasteiger partial charge on any atom is 0.341 e. The number of anilines is 2. The Kier molecular flexibility index (Phi) is 7.24. The number of carboxylic acid groups (broad SMARTS) is 1. The number of carbonyl (C=O) groups is 3. The first kappa shape index (κ1) is 24.8. The lowest BCUT2D eigenvalue weighted by Gasteiger charge is -2.43. The molecule has 0 saturated heterocycles. The van der Waals surface area contributed by atoms with Gasteiger partial charge in [-0.05, 0) is 73.5 Å². The van der Waals surface area contributed by atoms with E-state index in [4.69, 9.17) is 14.6 Å². The summed E-state index contributed by atoms with van der Waals surface area (Å²) < 4.78 is 10.4. The summed E-state index contributed by atoms with van der Waals surface area (Å²) in [4.78, 5) is 40.7. The Morgan fingerprint density at radius 2 is 1.61 bits per heavy atom. The first-order chi connectivity index (χ1) is 17.3. The number of hydrogen-bond acceptors (Lipinski definition) is 5. The van der Waals surface area contributed by atoms with Crippen LogP contribution in [0.2, 0.25) is 0 Å². The maximum atomic E-state index is 13.5. The van der Waals surface area contributed by atoms with Crippen LogP contribution in [-0.2, 0) is 9.59 Å². The Morgan fingerprint density at radius 3 is 2.22 bits per heavy atom. The number of rotatable bonds is 7. The van der Waals surface area contributed by atoms with E-state index >= 15 is 0 Å². The lowest BCUT2D eigenvalue weighted by Crippen LogP contribution is -2.47. The van der Waals surface area contributed by atoms with Crippen molar-refractivity contribution in [3.05, 3.63) is 83.9 Å². The minimum atomic E-state index is -1.06. The number of aliphatic carboxylic acids is 1. The van der Waals surface area contributed by atoms with Crippen LogP contribution in [0.4, 0.5) is 11.4 Å². The number of ether oxygens (including phenoxy) is 2. The largest absolute Gasteiger partial charge is 0.497 e. The summed E-state index contributed by atoms with van der Waals surface area (Å²) in [7, 11) is 1.58. The van der Waals surface area contributed by atoms with Gasteiger partial charge in [0, 0.05) is 29.9 Å². The van der Waals surface area contributed by atoms with E-state index in [2.05, 4.69) is 0 Å². The average molecular weight is 489 g/mol. The third kappa shape index (κ3) is 5.02. The minimum absolute atomic E-state index is 0.120. The molecule has 3 aromatic carbocycles. The maximum absolute atomic E-state index is 13.5. The van der Waals surface area contributed by atoms with Crippen molar-refractivity contribution in [2.24, 2.45) is 0 Å². The van der Waals surface area contributed by atoms with E-state index in [1.54, 1.807) is 65.4 Å². The summed E-state index contributed by atoms with van der Waals surface area (Å²) in [6.07, 6.45) is 0.537. The van der Waals surface area contributed by atoms with Crippen LogP contribution in [0.5, 0.6) is 11.5 Å². The van der Waals surface area contributed by atoms with E-state index in [1.165, 1.54) is 6.92 Å². The smallest absolute Gasteiger partial charge is 0.341 e. The first-order valence-corrected chi connectivity index (χ1v) is 11.6. The molecule has 0 radical (unpaired) electrons. The van der Waals surface area contributed by atoms with Gasteiger partial charge in [0.05, 0.1) is 13.2 Å². The van der Waals surface area contributed by atoms with Gasteiger partial charge in [-0.3, -0.25) is 9.59 Å². The molecule has 0 aromatic heterocycles. The van der Waals surface area contributed by atoms with Gasteiger partial charge in [-0.25, -0.2) is 4.79 Å². The van der Waals surface area contributed by atoms with Gasteiger partial charge in [0.25, 0.3) is 5.91 Å². The molecule has 0 fully saturated rings. The molecular formula is C28H28N2O6. The first-order valence-electron chi connectivity index (χ1n) is 11.6. The molecule has 1 heterocycles. The molecule has 4 rings (SSSR count). The van der Waals surface area contributed by atoms with Crippen molar-refractivity contribution in [1.29, 1.82) is 0 Å². The molecule has 8 nitrogen and oxygen atoms in total. The number of methoxy groups -OCH3 is 1. The van der Waals surface area contributed by atoms with Crippen LogP contribution in [-0.4, -0.2) is 42.6 Å². The topological polar surface area (TPSA) is 96.4 Å². The van der Waals surface area contributed by atoms with Gasteiger partial charge >= 0.3 is 5.97 Å². The Bertz CT molecular complexity index is 1260. The fourth-order valence-corrected chi connectivity index (χ4v) is 4.64. The number of nitrogens with zero attached hydrogens (tertiary/aromatic N) is 2. The number of amides is 2. The van der Waals surface area contributed by atoms with Crippen LogP contribution in [0.15, 0.2) is 72.8 Å². The van der Waals surface area contributed by atoms with E-state index in [1.807, 2.05) is 31.2 Å². The summed E-state index contributed by atoms with van der Waals surface area (Å²) in [6, 6.07) is 20.9. The molecular weight excluding hydrogens is 460 g/mol. The number of hydrogen-bond donors (Lipinski definition) is 1. The van der Waals surface area contributed by atoms with Gasteiger partial charge in [0.2, 0.25) is 5.91 Å². The van der Waals surface area contributed by atoms with E-state index in [9.17, 15) is 14.4 Å². The van der Waals surface area contributed by atoms with Crippen LogP contribution in [0.25, 0.3) is 0 Å². The highest BCUT2D eigenvalue weighted by Gasteiger charge is 2.38. The predicted octanol–water partition coefficient (Wildman–Crippen LogP) is 4.69. The van der Waals surface area contributed by atoms with E-state index in [0.717, 1.165) is 11.3 Å². The SMILES string of the molecule is COc1ccc(C(=O)N2c3ccccc3C(N(C(C)=O)c3ccc(OCC(=O)O)cc3)CC2C)cc1. The van der Waals surface area contributed by atoms with Gasteiger partial charge in [0.1, 0.15) is 11.5 Å². The molecule has 8 heteroatoms. The van der Waals surface area contributed by atoms with Crippen molar-refractivity contribution in [3.63, 3.8) is 0 Å². The van der Waals surface area contributed by atoms with Crippen LogP contribution >= 0.6 is 0 Å². The van der Waals surface area contributed by atoms with Crippen LogP contribution in [0, 0.1) is 0 Å². The molecule has 0 bridgehead atoms. The summed E-state index contributed by atoms with van der Waals surface area (Å²) in [5, 5.41) is 8.82. The van der Waals surface area contributed by atoms with E-state index in [-0.39, 0.29) is 23.9 Å². The average Bonchev–Trinajstić information content (AvgIpc) is 2.88. The zero-order chi connectivity index (χ0) is 25.8. The van der Waals surface area contributed by atoms with Gasteiger partial charge in [0.15, 0.2) is 6.61 Å². The van der Waals surface area contributed by atoms with E-state index < -0.39 is 12.6 Å². The fraction of sp³-hybridized carbons (Fsp3) is 0.250. The molecule has 0 saturated carbocycles. The van der Waals surface area contributed by atoms with Crippen molar-refractivity contribution in [3.8, 4) is 11.5 Å². The summed E-state index contributed by atoms with van der Waals surface area (Å²) >= 11 is 0. The minimum Gasteiger partial charge on any atom is -0.497 e. The number of carbonyl (C=O) groups excluding carboxylic acids is 2. The third-order valence-electron chi connectivity index (χ3n) is 6.24. The molecule has 36 heavy (non-hydrogen) atoms. The Morgan fingerprint density at radius 1 is 0.972 bits per heavy atom. The highest BCUT2D eigenvalue weighted by Crippen LogP contribution is 2.43. The number of para-hydroxylation sites is 1. The zero-order valence-corrected chi connectivity index (χ0v) is 20.4. The highest BCUT2D eigenvalue weighted by molar-refractivity contribution is 6.07. The summed E-state index contributed by atoms with van der Waals surface area (Å²) in [5.74, 6) is -0.249. The fourth-order valence-electron chi connectivity index (χ4n) is 4.64. The van der Waals surface area contributed by atoms with Gasteiger partial charge in [-0.1, -0.05) is 18.2 Å². The molecule has 2 atom stereocenters. The molecule has 0 spiro atoms. The molecule has 2 amide bonds. The molecule has 3 aromatic rings. The summed E-state index contributed by atoms with van der Waals surface area (Å²) in [6.45, 7) is 3.05. The lowest BCUT2D eigenvalue weighted by atomic mass is 9.89. The molecule has 1 aliphatic heterocycles. The second-order valence-corrected chi connectivity index (χ2v) is 8.63. The molecule has 1 N–H and O–H groups in total. The van der Waals surface area contributed by atoms with Crippen molar-refractivity contribution in [2.45, 2.75) is 32.4 Å².